The third-order valence-corrected chi connectivity index (χ3v) is 6.01. The van der Waals surface area contributed by atoms with E-state index in [1.54, 1.807) is 12.3 Å². The number of rotatable bonds is 2. The van der Waals surface area contributed by atoms with Crippen molar-refractivity contribution in [2.45, 2.75) is 44.6 Å². The first-order valence-corrected chi connectivity index (χ1v) is 8.27. The van der Waals surface area contributed by atoms with Crippen LogP contribution in [0, 0.1) is 11.3 Å². The minimum atomic E-state index is -0.0689. The Kier molecular flexibility index (Phi) is 2.34. The molecule has 1 N–H and O–H groups in total. The summed E-state index contributed by atoms with van der Waals surface area (Å²) in [4.78, 5) is 30.9. The third-order valence-electron chi connectivity index (χ3n) is 6.01. The van der Waals surface area contributed by atoms with Crippen LogP contribution in [-0.2, 0) is 11.2 Å². The number of amides is 2. The summed E-state index contributed by atoms with van der Waals surface area (Å²) in [6.45, 7) is 0.908. The highest BCUT2D eigenvalue weighted by Crippen LogP contribution is 2.60. The molecule has 114 valence electrons. The number of hydrogen-bond acceptors (Lipinski definition) is 3. The van der Waals surface area contributed by atoms with Crippen LogP contribution < -0.4 is 5.32 Å². The number of anilines is 1. The van der Waals surface area contributed by atoms with Gasteiger partial charge < -0.3 is 10.2 Å². The van der Waals surface area contributed by atoms with Gasteiger partial charge in [-0.25, -0.2) is 4.98 Å². The second kappa shape index (κ2) is 4.09. The van der Waals surface area contributed by atoms with Crippen molar-refractivity contribution in [2.24, 2.45) is 11.3 Å². The number of likely N-dealkylation sites (tertiary alicyclic amines) is 1. The summed E-state index contributed by atoms with van der Waals surface area (Å²) in [6, 6.07) is 2.22. The van der Waals surface area contributed by atoms with Crippen LogP contribution in [0.25, 0.3) is 0 Å². The fraction of sp³-hybridized carbons (Fsp3) is 0.588. The standard InChI is InChI=1S/C17H19N3O2/c21-13-8-12-11(4-7-18-15(12)19-13)16(22)20-9-17(5-1-6-17)14(20)10-2-3-10/h4,7,10,14H,1-3,5-6,8-9H2,(H,18,19,21). The summed E-state index contributed by atoms with van der Waals surface area (Å²) in [6.07, 6.45) is 8.32. The molecule has 5 rings (SSSR count). The Balaban J connectivity index is 1.46. The predicted octanol–water partition coefficient (Wildman–Crippen LogP) is 1.98. The number of nitrogens with zero attached hydrogens (tertiary/aromatic N) is 2. The molecule has 2 saturated carbocycles. The molecule has 0 bridgehead atoms. The zero-order valence-corrected chi connectivity index (χ0v) is 12.5. The number of hydrogen-bond donors (Lipinski definition) is 1. The number of carbonyl (C=O) groups is 2. The van der Waals surface area contributed by atoms with Gasteiger partial charge >= 0.3 is 0 Å². The largest absolute Gasteiger partial charge is 0.334 e. The Morgan fingerprint density at radius 2 is 2.18 bits per heavy atom. The van der Waals surface area contributed by atoms with E-state index in [2.05, 4.69) is 15.2 Å². The molecule has 5 nitrogen and oxygen atoms in total. The molecule has 22 heavy (non-hydrogen) atoms. The van der Waals surface area contributed by atoms with Crippen molar-refractivity contribution in [1.29, 1.82) is 0 Å². The van der Waals surface area contributed by atoms with E-state index < -0.39 is 0 Å². The number of aromatic nitrogens is 1. The molecule has 3 heterocycles. The van der Waals surface area contributed by atoms with Crippen LogP contribution in [0.1, 0.15) is 48.0 Å². The molecule has 2 aliphatic heterocycles. The Morgan fingerprint density at radius 1 is 1.36 bits per heavy atom. The normalized spacial score (nSPS) is 27.9. The molecule has 1 aromatic rings. The molecule has 3 fully saturated rings. The van der Waals surface area contributed by atoms with Gasteiger partial charge in [0.2, 0.25) is 5.91 Å². The number of nitrogens with one attached hydrogen (secondary N) is 1. The number of pyridine rings is 1. The molecule has 1 unspecified atom stereocenters. The maximum Gasteiger partial charge on any atom is 0.254 e. The predicted molar refractivity (Wildman–Crippen MR) is 80.4 cm³/mol. The monoisotopic (exact) mass is 297 g/mol. The van der Waals surface area contributed by atoms with E-state index in [1.807, 2.05) is 0 Å². The van der Waals surface area contributed by atoms with E-state index in [0.717, 1.165) is 12.1 Å². The van der Waals surface area contributed by atoms with Gasteiger partial charge in [0.15, 0.2) is 0 Å². The first kappa shape index (κ1) is 12.6. The molecule has 1 saturated heterocycles. The van der Waals surface area contributed by atoms with Crippen LogP contribution in [0.5, 0.6) is 0 Å². The Bertz CT molecular complexity index is 691. The van der Waals surface area contributed by atoms with Crippen LogP contribution in [0.3, 0.4) is 0 Å². The maximum absolute atomic E-state index is 13.0. The van der Waals surface area contributed by atoms with Crippen molar-refractivity contribution in [3.63, 3.8) is 0 Å². The molecule has 0 aromatic carbocycles. The minimum absolute atomic E-state index is 0.0689. The van der Waals surface area contributed by atoms with Gasteiger partial charge in [-0.1, -0.05) is 6.42 Å². The molecule has 1 aromatic heterocycles. The second-order valence-electron chi connectivity index (χ2n) is 7.34. The van der Waals surface area contributed by atoms with Crippen LogP contribution in [0.15, 0.2) is 12.3 Å². The van der Waals surface area contributed by atoms with Crippen LogP contribution in [-0.4, -0.2) is 34.3 Å². The van der Waals surface area contributed by atoms with Crippen molar-refractivity contribution in [2.75, 3.05) is 11.9 Å². The van der Waals surface area contributed by atoms with Gasteiger partial charge in [0.05, 0.1) is 6.42 Å². The van der Waals surface area contributed by atoms with Crippen LogP contribution in [0.4, 0.5) is 5.82 Å². The van der Waals surface area contributed by atoms with Gasteiger partial charge in [0.25, 0.3) is 5.91 Å². The quantitative estimate of drug-likeness (QED) is 0.908. The Labute approximate surface area is 129 Å². The molecule has 2 amide bonds. The van der Waals surface area contributed by atoms with Crippen LogP contribution in [0.2, 0.25) is 0 Å². The number of carbonyl (C=O) groups excluding carboxylic acids is 2. The van der Waals surface area contributed by atoms with Gasteiger partial charge in [0, 0.05) is 35.3 Å². The SMILES string of the molecule is O=C1Cc2c(C(=O)N3CC4(CCC4)C3C3CC3)ccnc2N1. The first-order chi connectivity index (χ1) is 10.7. The topological polar surface area (TPSA) is 62.3 Å². The highest BCUT2D eigenvalue weighted by molar-refractivity contribution is 6.05. The van der Waals surface area contributed by atoms with Crippen molar-refractivity contribution < 1.29 is 9.59 Å². The van der Waals surface area contributed by atoms with E-state index in [-0.39, 0.29) is 18.2 Å². The molecule has 1 atom stereocenters. The van der Waals surface area contributed by atoms with Crippen LogP contribution >= 0.6 is 0 Å². The molecular formula is C17H19N3O2. The van der Waals surface area contributed by atoms with E-state index >= 15 is 0 Å². The summed E-state index contributed by atoms with van der Waals surface area (Å²) in [5.74, 6) is 1.32. The molecule has 1 spiro atoms. The molecule has 0 radical (unpaired) electrons. The summed E-state index contributed by atoms with van der Waals surface area (Å²) in [5.41, 5.74) is 1.88. The minimum Gasteiger partial charge on any atom is -0.334 e. The van der Waals surface area contributed by atoms with Crippen molar-refractivity contribution in [3.8, 4) is 0 Å². The van der Waals surface area contributed by atoms with Crippen molar-refractivity contribution in [1.82, 2.24) is 9.88 Å². The molecule has 2 aliphatic carbocycles. The van der Waals surface area contributed by atoms with Crippen molar-refractivity contribution >= 4 is 17.6 Å². The smallest absolute Gasteiger partial charge is 0.254 e. The van der Waals surface area contributed by atoms with Gasteiger partial charge in [-0.3, -0.25) is 9.59 Å². The lowest BCUT2D eigenvalue weighted by Gasteiger charge is -2.63. The van der Waals surface area contributed by atoms with Gasteiger partial charge in [-0.05, 0) is 37.7 Å². The van der Waals surface area contributed by atoms with E-state index in [1.165, 1.54) is 32.1 Å². The van der Waals surface area contributed by atoms with Gasteiger partial charge in [0.1, 0.15) is 5.82 Å². The van der Waals surface area contributed by atoms with E-state index in [9.17, 15) is 9.59 Å². The zero-order valence-electron chi connectivity index (χ0n) is 12.5. The van der Waals surface area contributed by atoms with Gasteiger partial charge in [-0.2, -0.15) is 0 Å². The second-order valence-corrected chi connectivity index (χ2v) is 7.34. The first-order valence-electron chi connectivity index (χ1n) is 8.27. The molecule has 4 aliphatic rings. The average Bonchev–Trinajstić information content (AvgIpc) is 3.14. The molecular weight excluding hydrogens is 278 g/mol. The Morgan fingerprint density at radius 3 is 2.86 bits per heavy atom. The lowest BCUT2D eigenvalue weighted by Crippen LogP contribution is -2.69. The zero-order chi connectivity index (χ0) is 14.9. The third kappa shape index (κ3) is 1.57. The summed E-state index contributed by atoms with van der Waals surface area (Å²) in [7, 11) is 0. The Hall–Kier alpha value is -1.91. The lowest BCUT2D eigenvalue weighted by molar-refractivity contribution is -0.115. The summed E-state index contributed by atoms with van der Waals surface area (Å²) < 4.78 is 0. The van der Waals surface area contributed by atoms with Gasteiger partial charge in [-0.15, -0.1) is 0 Å². The van der Waals surface area contributed by atoms with Crippen molar-refractivity contribution in [3.05, 3.63) is 23.4 Å². The lowest BCUT2D eigenvalue weighted by atomic mass is 9.56. The fourth-order valence-corrected chi connectivity index (χ4v) is 4.67. The summed E-state index contributed by atoms with van der Waals surface area (Å²) in [5, 5.41) is 2.73. The summed E-state index contributed by atoms with van der Waals surface area (Å²) >= 11 is 0. The van der Waals surface area contributed by atoms with E-state index in [0.29, 0.717) is 28.8 Å². The maximum atomic E-state index is 13.0. The highest BCUT2D eigenvalue weighted by atomic mass is 16.2. The average molecular weight is 297 g/mol. The fourth-order valence-electron chi connectivity index (χ4n) is 4.67. The molecule has 5 heteroatoms. The van der Waals surface area contributed by atoms with E-state index in [4.69, 9.17) is 0 Å². The number of fused-ring (bicyclic) bond motifs is 1. The highest BCUT2D eigenvalue weighted by Gasteiger charge is 2.61.